The number of carbonyl (C=O) groups excluding carboxylic acids is 1. The van der Waals surface area contributed by atoms with Gasteiger partial charge in [0.05, 0.1) is 11.3 Å². The minimum Gasteiger partial charge on any atom is -0.374 e. The quantitative estimate of drug-likeness (QED) is 0.830. The molecule has 0 spiro atoms. The van der Waals surface area contributed by atoms with Crippen molar-refractivity contribution in [1.82, 2.24) is 0 Å². The molecule has 2 rings (SSSR count). The minimum atomic E-state index is -4.52. The zero-order valence-corrected chi connectivity index (χ0v) is 13.4. The Hall–Kier alpha value is -2.50. The van der Waals surface area contributed by atoms with Crippen molar-refractivity contribution in [1.29, 1.82) is 0 Å². The third-order valence-electron chi connectivity index (χ3n) is 3.63. The van der Waals surface area contributed by atoms with E-state index >= 15 is 0 Å². The van der Waals surface area contributed by atoms with Gasteiger partial charge in [-0.25, -0.2) is 0 Å². The predicted molar refractivity (Wildman–Crippen MR) is 89.0 cm³/mol. The third-order valence-corrected chi connectivity index (χ3v) is 3.63. The number of alkyl halides is 3. The zero-order chi connectivity index (χ0) is 17.7. The highest BCUT2D eigenvalue weighted by atomic mass is 19.4. The molecule has 128 valence electrons. The van der Waals surface area contributed by atoms with Crippen LogP contribution in [0.2, 0.25) is 0 Å². The molecule has 0 aromatic heterocycles. The predicted octanol–water partition coefficient (Wildman–Crippen LogP) is 4.71. The molecule has 0 aliphatic rings. The Morgan fingerprint density at radius 2 is 1.71 bits per heavy atom. The standard InChI is InChI=1S/C18H19F3N2O/c1-3-13-8-10-14(11-9-13)22-12(2)17(24)23-16-7-5-4-6-15(16)18(19,20)21/h4-12,22H,3H2,1-2H3,(H,23,24). The van der Waals surface area contributed by atoms with Crippen molar-refractivity contribution in [3.63, 3.8) is 0 Å². The lowest BCUT2D eigenvalue weighted by Crippen LogP contribution is -2.32. The van der Waals surface area contributed by atoms with Crippen LogP contribution in [0.4, 0.5) is 24.5 Å². The molecule has 24 heavy (non-hydrogen) atoms. The van der Waals surface area contributed by atoms with Crippen LogP contribution in [-0.2, 0) is 17.4 Å². The lowest BCUT2D eigenvalue weighted by molar-refractivity contribution is -0.137. The van der Waals surface area contributed by atoms with E-state index < -0.39 is 23.7 Å². The lowest BCUT2D eigenvalue weighted by atomic mass is 10.1. The fraction of sp³-hybridized carbons (Fsp3) is 0.278. The van der Waals surface area contributed by atoms with Crippen molar-refractivity contribution >= 4 is 17.3 Å². The molecule has 3 nitrogen and oxygen atoms in total. The van der Waals surface area contributed by atoms with Crippen LogP contribution >= 0.6 is 0 Å². The third kappa shape index (κ3) is 4.50. The molecule has 6 heteroatoms. The van der Waals surface area contributed by atoms with Gasteiger partial charge >= 0.3 is 6.18 Å². The molecule has 0 heterocycles. The molecule has 0 radical (unpaired) electrons. The second kappa shape index (κ2) is 7.38. The summed E-state index contributed by atoms with van der Waals surface area (Å²) in [7, 11) is 0. The van der Waals surface area contributed by atoms with Gasteiger partial charge in [-0.3, -0.25) is 4.79 Å². The number of amides is 1. The highest BCUT2D eigenvalue weighted by molar-refractivity contribution is 5.96. The Balaban J connectivity index is 2.06. The molecule has 1 unspecified atom stereocenters. The summed E-state index contributed by atoms with van der Waals surface area (Å²) >= 11 is 0. The minimum absolute atomic E-state index is 0.245. The summed E-state index contributed by atoms with van der Waals surface area (Å²) in [5.41, 5.74) is 0.790. The Kier molecular flexibility index (Phi) is 5.49. The number of nitrogens with one attached hydrogen (secondary N) is 2. The molecule has 0 aliphatic carbocycles. The number of rotatable bonds is 5. The van der Waals surface area contributed by atoms with E-state index in [0.29, 0.717) is 0 Å². The Morgan fingerprint density at radius 1 is 1.08 bits per heavy atom. The molecule has 0 bridgehead atoms. The number of halogens is 3. The van der Waals surface area contributed by atoms with Crippen LogP contribution in [0.5, 0.6) is 0 Å². The molecule has 0 aliphatic heterocycles. The SMILES string of the molecule is CCc1ccc(NC(C)C(=O)Nc2ccccc2C(F)(F)F)cc1. The Bertz CT molecular complexity index is 696. The van der Waals surface area contributed by atoms with Gasteiger partial charge in [0.1, 0.15) is 6.04 Å². The normalized spacial score (nSPS) is 12.5. The summed E-state index contributed by atoms with van der Waals surface area (Å²) in [6, 6.07) is 11.8. The van der Waals surface area contributed by atoms with Gasteiger partial charge in [0.25, 0.3) is 0 Å². The van der Waals surface area contributed by atoms with Crippen molar-refractivity contribution in [2.24, 2.45) is 0 Å². The summed E-state index contributed by atoms with van der Waals surface area (Å²) < 4.78 is 38.9. The van der Waals surface area contributed by atoms with Crippen molar-refractivity contribution in [2.75, 3.05) is 10.6 Å². The van der Waals surface area contributed by atoms with E-state index in [0.717, 1.165) is 23.7 Å². The number of benzene rings is 2. The van der Waals surface area contributed by atoms with Gasteiger partial charge in [0.2, 0.25) is 5.91 Å². The monoisotopic (exact) mass is 336 g/mol. The second-order valence-corrected chi connectivity index (χ2v) is 5.45. The average molecular weight is 336 g/mol. The molecule has 0 saturated heterocycles. The van der Waals surface area contributed by atoms with E-state index in [2.05, 4.69) is 10.6 Å². The highest BCUT2D eigenvalue weighted by Crippen LogP contribution is 2.34. The lowest BCUT2D eigenvalue weighted by Gasteiger charge is -2.18. The fourth-order valence-corrected chi connectivity index (χ4v) is 2.23. The Labute approximate surface area is 138 Å². The maximum absolute atomic E-state index is 13.0. The molecule has 0 fully saturated rings. The molecule has 0 saturated carbocycles. The van der Waals surface area contributed by atoms with Gasteiger partial charge in [-0.05, 0) is 43.2 Å². The first-order valence-corrected chi connectivity index (χ1v) is 7.64. The number of hydrogen-bond acceptors (Lipinski definition) is 2. The first-order chi connectivity index (χ1) is 11.3. The molecule has 2 aromatic rings. The van der Waals surface area contributed by atoms with E-state index in [4.69, 9.17) is 0 Å². The maximum Gasteiger partial charge on any atom is 0.418 e. The number of aryl methyl sites for hydroxylation is 1. The highest BCUT2D eigenvalue weighted by Gasteiger charge is 2.33. The summed E-state index contributed by atoms with van der Waals surface area (Å²) in [6.45, 7) is 3.63. The van der Waals surface area contributed by atoms with Crippen LogP contribution in [0.25, 0.3) is 0 Å². The number of para-hydroxylation sites is 1. The van der Waals surface area contributed by atoms with E-state index in [9.17, 15) is 18.0 Å². The number of carbonyl (C=O) groups is 1. The van der Waals surface area contributed by atoms with Crippen LogP contribution in [0.15, 0.2) is 48.5 Å². The molecule has 2 aromatic carbocycles. The van der Waals surface area contributed by atoms with Gasteiger partial charge in [-0.2, -0.15) is 13.2 Å². The first-order valence-electron chi connectivity index (χ1n) is 7.64. The summed E-state index contributed by atoms with van der Waals surface area (Å²) in [5, 5.41) is 5.32. The van der Waals surface area contributed by atoms with Crippen LogP contribution < -0.4 is 10.6 Å². The maximum atomic E-state index is 13.0. The molecular weight excluding hydrogens is 317 g/mol. The number of hydrogen-bond donors (Lipinski definition) is 2. The van der Waals surface area contributed by atoms with Crippen molar-refractivity contribution < 1.29 is 18.0 Å². The van der Waals surface area contributed by atoms with Gasteiger partial charge in [0, 0.05) is 5.69 Å². The van der Waals surface area contributed by atoms with Crippen LogP contribution in [-0.4, -0.2) is 11.9 Å². The van der Waals surface area contributed by atoms with E-state index in [-0.39, 0.29) is 5.69 Å². The van der Waals surface area contributed by atoms with Crippen LogP contribution in [0, 0.1) is 0 Å². The van der Waals surface area contributed by atoms with E-state index in [1.54, 1.807) is 6.92 Å². The van der Waals surface area contributed by atoms with Crippen LogP contribution in [0.3, 0.4) is 0 Å². The molecule has 2 N–H and O–H groups in total. The van der Waals surface area contributed by atoms with Crippen molar-refractivity contribution in [3.8, 4) is 0 Å². The molecule has 1 amide bonds. The number of anilines is 2. The summed E-state index contributed by atoms with van der Waals surface area (Å²) in [4.78, 5) is 12.2. The van der Waals surface area contributed by atoms with Crippen LogP contribution in [0.1, 0.15) is 25.0 Å². The van der Waals surface area contributed by atoms with E-state index in [1.807, 2.05) is 31.2 Å². The summed E-state index contributed by atoms with van der Waals surface area (Å²) in [6.07, 6.45) is -3.61. The molecular formula is C18H19F3N2O. The largest absolute Gasteiger partial charge is 0.418 e. The van der Waals surface area contributed by atoms with Gasteiger partial charge in [0.15, 0.2) is 0 Å². The van der Waals surface area contributed by atoms with Gasteiger partial charge < -0.3 is 10.6 Å². The fourth-order valence-electron chi connectivity index (χ4n) is 2.23. The van der Waals surface area contributed by atoms with Crippen molar-refractivity contribution in [2.45, 2.75) is 32.5 Å². The topological polar surface area (TPSA) is 41.1 Å². The van der Waals surface area contributed by atoms with Gasteiger partial charge in [-0.1, -0.05) is 31.2 Å². The van der Waals surface area contributed by atoms with Crippen molar-refractivity contribution in [3.05, 3.63) is 59.7 Å². The zero-order valence-electron chi connectivity index (χ0n) is 13.4. The summed E-state index contributed by atoms with van der Waals surface area (Å²) in [5.74, 6) is -0.536. The second-order valence-electron chi connectivity index (χ2n) is 5.45. The first kappa shape index (κ1) is 17.8. The Morgan fingerprint density at radius 3 is 2.29 bits per heavy atom. The smallest absolute Gasteiger partial charge is 0.374 e. The van der Waals surface area contributed by atoms with Gasteiger partial charge in [-0.15, -0.1) is 0 Å². The molecule has 1 atom stereocenters. The van der Waals surface area contributed by atoms with E-state index in [1.165, 1.54) is 18.2 Å². The average Bonchev–Trinajstić information content (AvgIpc) is 2.55.